The molecule has 0 fully saturated rings. The fourth-order valence-electron chi connectivity index (χ4n) is 2.68. The summed E-state index contributed by atoms with van der Waals surface area (Å²) in [5.41, 5.74) is 1.31. The molecule has 2 atom stereocenters. The molecule has 0 aromatic heterocycles. The summed E-state index contributed by atoms with van der Waals surface area (Å²) >= 11 is 1.35. The minimum absolute atomic E-state index is 0.144. The molecular formula is C21H18O2S2. The van der Waals surface area contributed by atoms with Gasteiger partial charge in [0.15, 0.2) is 9.86 Å². The predicted octanol–water partition coefficient (Wildman–Crippen LogP) is 4.89. The van der Waals surface area contributed by atoms with Crippen molar-refractivity contribution in [2.45, 2.75) is 8.97 Å². The number of ketones is 1. The molecule has 0 aliphatic heterocycles. The second kappa shape index (κ2) is 7.81. The van der Waals surface area contributed by atoms with Crippen molar-refractivity contribution < 1.29 is 9.00 Å². The highest BCUT2D eigenvalue weighted by Gasteiger charge is 2.45. The molecule has 2 nitrogen and oxygen atoms in total. The smallest absolute Gasteiger partial charge is 0.196 e. The van der Waals surface area contributed by atoms with Crippen LogP contribution in [0.5, 0.6) is 0 Å². The Hall–Kier alpha value is -2.17. The van der Waals surface area contributed by atoms with Crippen LogP contribution in [0.1, 0.15) is 15.9 Å². The molecule has 4 heteroatoms. The van der Waals surface area contributed by atoms with Gasteiger partial charge in [-0.15, -0.1) is 0 Å². The number of carbonyl (C=O) groups is 1. The van der Waals surface area contributed by atoms with Crippen LogP contribution in [0.2, 0.25) is 0 Å². The first kappa shape index (κ1) is 17.6. The Morgan fingerprint density at radius 2 is 1.28 bits per heavy atom. The minimum atomic E-state index is -1.43. The molecule has 0 saturated heterocycles. The molecule has 126 valence electrons. The Morgan fingerprint density at radius 1 is 0.800 bits per heavy atom. The maximum atomic E-state index is 13.5. The lowest BCUT2D eigenvalue weighted by Gasteiger charge is -2.30. The second-order valence-corrected chi connectivity index (χ2v) is 8.61. The van der Waals surface area contributed by atoms with Gasteiger partial charge in [0.1, 0.15) is 0 Å². The van der Waals surface area contributed by atoms with E-state index >= 15 is 0 Å². The Balaban J connectivity index is 2.19. The van der Waals surface area contributed by atoms with E-state index in [1.165, 1.54) is 11.8 Å². The molecule has 3 aromatic rings. The summed E-state index contributed by atoms with van der Waals surface area (Å²) in [6.07, 6.45) is 1.60. The molecule has 0 bridgehead atoms. The average molecular weight is 367 g/mol. The van der Waals surface area contributed by atoms with Gasteiger partial charge in [-0.05, 0) is 17.7 Å². The zero-order valence-electron chi connectivity index (χ0n) is 13.8. The Bertz CT molecular complexity index is 864. The zero-order valence-corrected chi connectivity index (χ0v) is 15.4. The van der Waals surface area contributed by atoms with Gasteiger partial charge in [-0.2, -0.15) is 0 Å². The summed E-state index contributed by atoms with van der Waals surface area (Å²) in [6, 6.07) is 28.1. The highest BCUT2D eigenvalue weighted by molar-refractivity contribution is 8.12. The number of hydrogen-bond donors (Lipinski definition) is 0. The van der Waals surface area contributed by atoms with E-state index in [0.29, 0.717) is 5.56 Å². The molecule has 25 heavy (non-hydrogen) atoms. The van der Waals surface area contributed by atoms with Gasteiger partial charge in [-0.1, -0.05) is 90.6 Å². The van der Waals surface area contributed by atoms with Crippen LogP contribution in [0, 0.1) is 0 Å². The largest absolute Gasteiger partial charge is 0.291 e. The number of Topliss-reactive ketones (excluding diaryl/α,β-unsaturated/α-hetero) is 1. The van der Waals surface area contributed by atoms with E-state index in [-0.39, 0.29) is 5.78 Å². The van der Waals surface area contributed by atoms with Crippen molar-refractivity contribution in [1.82, 2.24) is 0 Å². The number of carbonyl (C=O) groups excluding carboxylic acids is 1. The van der Waals surface area contributed by atoms with Gasteiger partial charge in [0.05, 0.1) is 0 Å². The third-order valence-electron chi connectivity index (χ3n) is 3.90. The maximum absolute atomic E-state index is 13.5. The van der Waals surface area contributed by atoms with E-state index < -0.39 is 14.9 Å². The molecule has 0 heterocycles. The van der Waals surface area contributed by atoms with Crippen LogP contribution in [0.4, 0.5) is 0 Å². The fourth-order valence-corrected chi connectivity index (χ4v) is 5.38. The van der Waals surface area contributed by atoms with E-state index in [0.717, 1.165) is 10.5 Å². The van der Waals surface area contributed by atoms with Crippen LogP contribution in [-0.4, -0.2) is 16.2 Å². The van der Waals surface area contributed by atoms with E-state index in [1.54, 1.807) is 18.4 Å². The lowest BCUT2D eigenvalue weighted by atomic mass is 10.0. The SMILES string of the molecule is CS(=O)C(Sc1ccccc1)(C(=O)c1ccccc1)c1ccccc1. The van der Waals surface area contributed by atoms with E-state index in [4.69, 9.17) is 0 Å². The van der Waals surface area contributed by atoms with Crippen molar-refractivity contribution >= 4 is 28.3 Å². The van der Waals surface area contributed by atoms with E-state index in [2.05, 4.69) is 0 Å². The van der Waals surface area contributed by atoms with Gasteiger partial charge in [0, 0.05) is 27.5 Å². The molecule has 0 amide bonds. The van der Waals surface area contributed by atoms with Crippen LogP contribution < -0.4 is 0 Å². The topological polar surface area (TPSA) is 34.1 Å². The third kappa shape index (κ3) is 3.60. The maximum Gasteiger partial charge on any atom is 0.196 e. The quantitative estimate of drug-likeness (QED) is 0.460. The summed E-state index contributed by atoms with van der Waals surface area (Å²) in [4.78, 5) is 14.4. The molecule has 0 spiro atoms. The highest BCUT2D eigenvalue weighted by Crippen LogP contribution is 2.46. The van der Waals surface area contributed by atoms with Crippen molar-refractivity contribution in [3.8, 4) is 0 Å². The van der Waals surface area contributed by atoms with Gasteiger partial charge >= 0.3 is 0 Å². The summed E-state index contributed by atoms with van der Waals surface area (Å²) in [7, 11) is -1.43. The predicted molar refractivity (Wildman–Crippen MR) is 105 cm³/mol. The van der Waals surface area contributed by atoms with Crippen LogP contribution >= 0.6 is 11.8 Å². The molecule has 0 N–H and O–H groups in total. The minimum Gasteiger partial charge on any atom is -0.291 e. The van der Waals surface area contributed by atoms with Gasteiger partial charge in [-0.3, -0.25) is 9.00 Å². The third-order valence-corrected chi connectivity index (χ3v) is 7.30. The second-order valence-electron chi connectivity index (χ2n) is 5.55. The highest BCUT2D eigenvalue weighted by atomic mass is 32.2. The summed E-state index contributed by atoms with van der Waals surface area (Å²) < 4.78 is 11.8. The first-order chi connectivity index (χ1) is 12.1. The van der Waals surface area contributed by atoms with E-state index in [9.17, 15) is 9.00 Å². The lowest BCUT2D eigenvalue weighted by molar-refractivity contribution is 0.0976. The lowest BCUT2D eigenvalue weighted by Crippen LogP contribution is -2.36. The standard InChI is InChI=1S/C21H18O2S2/c1-25(23)21(18-13-7-3-8-14-18,24-19-15-9-4-10-16-19)20(22)17-11-5-2-6-12-17/h2-16H,1H3. The first-order valence-electron chi connectivity index (χ1n) is 7.87. The zero-order chi connectivity index (χ0) is 17.7. The van der Waals surface area contributed by atoms with Crippen molar-refractivity contribution in [3.05, 3.63) is 102 Å². The van der Waals surface area contributed by atoms with Crippen molar-refractivity contribution in [3.63, 3.8) is 0 Å². The number of hydrogen-bond acceptors (Lipinski definition) is 3. The number of rotatable bonds is 6. The van der Waals surface area contributed by atoms with Crippen molar-refractivity contribution in [2.24, 2.45) is 0 Å². The van der Waals surface area contributed by atoms with Crippen LogP contribution in [0.25, 0.3) is 0 Å². The first-order valence-corrected chi connectivity index (χ1v) is 10.2. The average Bonchev–Trinajstić information content (AvgIpc) is 2.67. The Labute approximate surface area is 154 Å². The van der Waals surface area contributed by atoms with Gasteiger partial charge in [0.2, 0.25) is 0 Å². The molecule has 3 rings (SSSR count). The molecule has 0 aliphatic carbocycles. The van der Waals surface area contributed by atoms with Crippen LogP contribution in [-0.2, 0) is 14.9 Å². The van der Waals surface area contributed by atoms with Gasteiger partial charge in [-0.25, -0.2) is 0 Å². The number of thioether (sulfide) groups is 1. The molecule has 0 saturated carbocycles. The van der Waals surface area contributed by atoms with Crippen molar-refractivity contribution in [1.29, 1.82) is 0 Å². The molecule has 2 unspecified atom stereocenters. The summed E-state index contributed by atoms with van der Waals surface area (Å²) in [5, 5.41) is 0. The van der Waals surface area contributed by atoms with Crippen molar-refractivity contribution in [2.75, 3.05) is 6.26 Å². The molecule has 0 radical (unpaired) electrons. The molecular weight excluding hydrogens is 348 g/mol. The van der Waals surface area contributed by atoms with E-state index in [1.807, 2.05) is 78.9 Å². The monoisotopic (exact) mass is 366 g/mol. The normalized spacial score (nSPS) is 14.4. The van der Waals surface area contributed by atoms with Gasteiger partial charge in [0.25, 0.3) is 0 Å². The number of benzene rings is 3. The fraction of sp³-hybridized carbons (Fsp3) is 0.0952. The van der Waals surface area contributed by atoms with Crippen LogP contribution in [0.3, 0.4) is 0 Å². The molecule has 3 aromatic carbocycles. The molecule has 0 aliphatic rings. The Kier molecular flexibility index (Phi) is 5.51. The summed E-state index contributed by atoms with van der Waals surface area (Å²) in [5.74, 6) is -0.144. The summed E-state index contributed by atoms with van der Waals surface area (Å²) in [6.45, 7) is 0. The Morgan fingerprint density at radius 3 is 1.80 bits per heavy atom. The van der Waals surface area contributed by atoms with Crippen LogP contribution in [0.15, 0.2) is 95.9 Å². The van der Waals surface area contributed by atoms with Gasteiger partial charge < -0.3 is 0 Å².